The molecule has 1 aromatic heterocycles. The van der Waals surface area contributed by atoms with E-state index in [1.54, 1.807) is 0 Å². The van der Waals surface area contributed by atoms with Crippen LogP contribution in [0.1, 0.15) is 49.3 Å². The number of aromatic nitrogens is 3. The van der Waals surface area contributed by atoms with E-state index < -0.39 is 0 Å². The topological polar surface area (TPSA) is 70.4 Å². The number of guanidine groups is 1. The molecule has 2 aliphatic heterocycles. The highest BCUT2D eigenvalue weighted by Gasteiger charge is 2.22. The summed E-state index contributed by atoms with van der Waals surface area (Å²) in [5, 5.41) is 11.5. The first-order valence-electron chi connectivity index (χ1n) is 12.3. The van der Waals surface area contributed by atoms with Gasteiger partial charge in [-0.05, 0) is 76.6 Å². The van der Waals surface area contributed by atoms with Gasteiger partial charge in [0.25, 0.3) is 0 Å². The fourth-order valence-corrected chi connectivity index (χ4v) is 4.97. The van der Waals surface area contributed by atoms with E-state index in [0.717, 1.165) is 49.5 Å². The number of benzene rings is 1. The molecule has 2 N–H and O–H groups in total. The Labute approximate surface area is 192 Å². The number of aryl methyl sites for hydroxylation is 2. The third-order valence-corrected chi connectivity index (χ3v) is 6.80. The van der Waals surface area contributed by atoms with Crippen molar-refractivity contribution in [2.75, 3.05) is 33.2 Å². The SMILES string of the molecule is CN=C(NCCCCN1CCC(Cc2ccccc2)CC1)NC1CCc2nc(C)nn2C1. The number of aliphatic imine (C=N–C) groups is 1. The molecule has 0 amide bonds. The van der Waals surface area contributed by atoms with Crippen molar-refractivity contribution in [3.8, 4) is 0 Å². The van der Waals surface area contributed by atoms with E-state index in [1.165, 1.54) is 57.3 Å². The largest absolute Gasteiger partial charge is 0.356 e. The number of hydrogen-bond acceptors (Lipinski definition) is 4. The summed E-state index contributed by atoms with van der Waals surface area (Å²) in [6, 6.07) is 11.3. The van der Waals surface area contributed by atoms with Crippen LogP contribution in [0.5, 0.6) is 0 Å². The summed E-state index contributed by atoms with van der Waals surface area (Å²) in [4.78, 5) is 11.5. The van der Waals surface area contributed by atoms with Gasteiger partial charge >= 0.3 is 0 Å². The minimum Gasteiger partial charge on any atom is -0.356 e. The van der Waals surface area contributed by atoms with Crippen molar-refractivity contribution >= 4 is 5.96 Å². The van der Waals surface area contributed by atoms with Gasteiger partial charge < -0.3 is 15.5 Å². The van der Waals surface area contributed by atoms with Gasteiger partial charge in [0, 0.05) is 26.1 Å². The second-order valence-corrected chi connectivity index (χ2v) is 9.32. The van der Waals surface area contributed by atoms with Crippen LogP contribution >= 0.6 is 0 Å². The molecule has 1 unspecified atom stereocenters. The third kappa shape index (κ3) is 6.55. The van der Waals surface area contributed by atoms with Gasteiger partial charge in [-0.3, -0.25) is 4.99 Å². The fraction of sp³-hybridized carbons (Fsp3) is 0.640. The Hall–Kier alpha value is -2.41. The maximum absolute atomic E-state index is 4.49. The van der Waals surface area contributed by atoms with Crippen LogP contribution in [0.4, 0.5) is 0 Å². The van der Waals surface area contributed by atoms with E-state index in [4.69, 9.17) is 0 Å². The van der Waals surface area contributed by atoms with Crippen molar-refractivity contribution < 1.29 is 0 Å². The summed E-state index contributed by atoms with van der Waals surface area (Å²) in [6.45, 7) is 7.49. The second kappa shape index (κ2) is 11.5. The lowest BCUT2D eigenvalue weighted by Gasteiger charge is -2.32. The Balaban J connectivity index is 1.07. The summed E-state index contributed by atoms with van der Waals surface area (Å²) in [5.41, 5.74) is 1.49. The van der Waals surface area contributed by atoms with Crippen molar-refractivity contribution in [1.29, 1.82) is 0 Å². The number of nitrogens with zero attached hydrogens (tertiary/aromatic N) is 5. The molecule has 2 aliphatic rings. The van der Waals surface area contributed by atoms with Gasteiger partial charge in [0.2, 0.25) is 0 Å². The van der Waals surface area contributed by atoms with E-state index in [-0.39, 0.29) is 0 Å². The summed E-state index contributed by atoms with van der Waals surface area (Å²) in [7, 11) is 1.85. The van der Waals surface area contributed by atoms with Crippen LogP contribution in [0.25, 0.3) is 0 Å². The quantitative estimate of drug-likeness (QED) is 0.378. The maximum atomic E-state index is 4.49. The van der Waals surface area contributed by atoms with Gasteiger partial charge in [-0.2, -0.15) is 5.10 Å². The number of hydrogen-bond donors (Lipinski definition) is 2. The van der Waals surface area contributed by atoms with E-state index in [2.05, 4.69) is 60.9 Å². The van der Waals surface area contributed by atoms with Crippen molar-refractivity contribution in [3.63, 3.8) is 0 Å². The zero-order chi connectivity index (χ0) is 22.2. The lowest BCUT2D eigenvalue weighted by atomic mass is 9.90. The highest BCUT2D eigenvalue weighted by atomic mass is 15.4. The zero-order valence-electron chi connectivity index (χ0n) is 19.8. The smallest absolute Gasteiger partial charge is 0.191 e. The minimum atomic E-state index is 0.354. The summed E-state index contributed by atoms with van der Waals surface area (Å²) >= 11 is 0. The van der Waals surface area contributed by atoms with Crippen LogP contribution in [0.3, 0.4) is 0 Å². The first kappa shape index (κ1) is 22.8. The van der Waals surface area contributed by atoms with E-state index in [1.807, 2.05) is 18.7 Å². The molecule has 1 fully saturated rings. The van der Waals surface area contributed by atoms with Gasteiger partial charge in [-0.25, -0.2) is 9.67 Å². The highest BCUT2D eigenvalue weighted by molar-refractivity contribution is 5.79. The van der Waals surface area contributed by atoms with Gasteiger partial charge in [0.05, 0.1) is 6.54 Å². The monoisotopic (exact) mass is 437 g/mol. The van der Waals surface area contributed by atoms with Gasteiger partial charge in [0.1, 0.15) is 11.6 Å². The van der Waals surface area contributed by atoms with Gasteiger partial charge in [0.15, 0.2) is 5.96 Å². The average Bonchev–Trinajstić information content (AvgIpc) is 3.19. The zero-order valence-corrected chi connectivity index (χ0v) is 19.8. The number of rotatable bonds is 8. The molecule has 1 aromatic carbocycles. The summed E-state index contributed by atoms with van der Waals surface area (Å²) < 4.78 is 2.03. The molecule has 0 bridgehead atoms. The van der Waals surface area contributed by atoms with Crippen LogP contribution in [0.2, 0.25) is 0 Å². The normalized spacial score (nSPS) is 20.2. The third-order valence-electron chi connectivity index (χ3n) is 6.80. The molecule has 1 saturated heterocycles. The molecule has 0 radical (unpaired) electrons. The molecule has 7 heteroatoms. The Bertz CT molecular complexity index is 852. The van der Waals surface area contributed by atoms with Gasteiger partial charge in [-0.1, -0.05) is 30.3 Å². The first-order valence-corrected chi connectivity index (χ1v) is 12.3. The number of piperidine rings is 1. The van der Waals surface area contributed by atoms with Crippen LogP contribution in [-0.4, -0.2) is 64.9 Å². The molecule has 7 nitrogen and oxygen atoms in total. The van der Waals surface area contributed by atoms with Crippen LogP contribution in [-0.2, 0) is 19.4 Å². The number of likely N-dealkylation sites (tertiary alicyclic amines) is 1. The standard InChI is InChI=1S/C25H39N7/c1-20-28-24-11-10-23(19-32(24)30-20)29-25(26-2)27-14-6-7-15-31-16-12-22(13-17-31)18-21-8-4-3-5-9-21/h3-5,8-9,22-23H,6-7,10-19H2,1-2H3,(H2,26,27,29). The van der Waals surface area contributed by atoms with Crippen molar-refractivity contribution in [2.45, 2.75) is 64.5 Å². The van der Waals surface area contributed by atoms with Crippen LogP contribution in [0, 0.1) is 12.8 Å². The maximum Gasteiger partial charge on any atom is 0.191 e. The predicted octanol–water partition coefficient (Wildman–Crippen LogP) is 2.80. The Morgan fingerprint density at radius 1 is 1.12 bits per heavy atom. The number of fused-ring (bicyclic) bond motifs is 1. The molecule has 1 atom stereocenters. The molecule has 3 heterocycles. The van der Waals surface area contributed by atoms with Crippen molar-refractivity contribution in [2.24, 2.45) is 10.9 Å². The molecule has 2 aromatic rings. The Morgan fingerprint density at radius 3 is 2.72 bits per heavy atom. The minimum absolute atomic E-state index is 0.354. The lowest BCUT2D eigenvalue weighted by molar-refractivity contribution is 0.181. The molecule has 4 rings (SSSR count). The second-order valence-electron chi connectivity index (χ2n) is 9.32. The summed E-state index contributed by atoms with van der Waals surface area (Å²) in [5.74, 6) is 3.72. The van der Waals surface area contributed by atoms with E-state index >= 15 is 0 Å². The van der Waals surface area contributed by atoms with Crippen LogP contribution in [0.15, 0.2) is 35.3 Å². The Morgan fingerprint density at radius 2 is 1.94 bits per heavy atom. The van der Waals surface area contributed by atoms with Crippen molar-refractivity contribution in [1.82, 2.24) is 30.3 Å². The Kier molecular flexibility index (Phi) is 8.15. The predicted molar refractivity (Wildman–Crippen MR) is 130 cm³/mol. The first-order chi connectivity index (χ1) is 15.7. The van der Waals surface area contributed by atoms with Crippen molar-refractivity contribution in [3.05, 3.63) is 47.5 Å². The highest BCUT2D eigenvalue weighted by Crippen LogP contribution is 2.21. The molecule has 174 valence electrons. The van der Waals surface area contributed by atoms with E-state index in [0.29, 0.717) is 6.04 Å². The lowest BCUT2D eigenvalue weighted by Crippen LogP contribution is -2.47. The van der Waals surface area contributed by atoms with Gasteiger partial charge in [-0.15, -0.1) is 0 Å². The molecular formula is C25H39N7. The molecular weight excluding hydrogens is 398 g/mol. The number of nitrogens with one attached hydrogen (secondary N) is 2. The molecule has 0 aliphatic carbocycles. The number of unbranched alkanes of at least 4 members (excludes halogenated alkanes) is 1. The van der Waals surface area contributed by atoms with Crippen LogP contribution < -0.4 is 10.6 Å². The molecule has 0 saturated carbocycles. The average molecular weight is 438 g/mol. The molecule has 32 heavy (non-hydrogen) atoms. The fourth-order valence-electron chi connectivity index (χ4n) is 4.97. The summed E-state index contributed by atoms with van der Waals surface area (Å²) in [6.07, 6.45) is 8.34. The molecule has 0 spiro atoms. The van der Waals surface area contributed by atoms with E-state index in [9.17, 15) is 0 Å².